The van der Waals surface area contributed by atoms with Crippen LogP contribution in [0.15, 0.2) is 12.1 Å². The van der Waals surface area contributed by atoms with Gasteiger partial charge in [-0.15, -0.1) is 0 Å². The van der Waals surface area contributed by atoms with Crippen molar-refractivity contribution in [3.05, 3.63) is 31.4 Å². The van der Waals surface area contributed by atoms with Crippen LogP contribution < -0.4 is 10.1 Å². The number of aryl methyl sites for hydroxylation is 1. The monoisotopic (exact) mass is 378 g/mol. The zero-order valence-corrected chi connectivity index (χ0v) is 13.3. The van der Waals surface area contributed by atoms with Crippen molar-refractivity contribution in [3.8, 4) is 5.75 Å². The standard InChI is InChI=1S/C12H15IN2O4/c1-7-5-10(9(15(17)18)6-8(7)13)19-11(16)14-12(2,3)4/h5-6H,1-4H3,(H,14,16). The minimum absolute atomic E-state index is 0.0512. The van der Waals surface area contributed by atoms with E-state index in [9.17, 15) is 14.9 Å². The van der Waals surface area contributed by atoms with E-state index in [2.05, 4.69) is 5.32 Å². The van der Waals surface area contributed by atoms with Crippen LogP contribution in [0.3, 0.4) is 0 Å². The van der Waals surface area contributed by atoms with Gasteiger partial charge in [0, 0.05) is 15.2 Å². The van der Waals surface area contributed by atoms with E-state index in [0.717, 1.165) is 9.13 Å². The van der Waals surface area contributed by atoms with E-state index in [1.54, 1.807) is 27.7 Å². The third-order valence-electron chi connectivity index (χ3n) is 2.12. The number of nitrogens with zero attached hydrogens (tertiary/aromatic N) is 1. The van der Waals surface area contributed by atoms with E-state index in [4.69, 9.17) is 4.74 Å². The Kier molecular flexibility index (Phi) is 4.72. The highest BCUT2D eigenvalue weighted by Crippen LogP contribution is 2.31. The molecule has 6 nitrogen and oxygen atoms in total. The van der Waals surface area contributed by atoms with Crippen molar-refractivity contribution < 1.29 is 14.5 Å². The summed E-state index contributed by atoms with van der Waals surface area (Å²) in [6.07, 6.45) is -0.712. The predicted molar refractivity (Wildman–Crippen MR) is 79.5 cm³/mol. The van der Waals surface area contributed by atoms with E-state index in [1.807, 2.05) is 22.6 Å². The average Bonchev–Trinajstić information content (AvgIpc) is 2.19. The van der Waals surface area contributed by atoms with Gasteiger partial charge in [0.25, 0.3) is 0 Å². The molecule has 1 aromatic carbocycles. The van der Waals surface area contributed by atoms with Crippen molar-refractivity contribution in [3.63, 3.8) is 0 Å². The smallest absolute Gasteiger partial charge is 0.403 e. The Labute approximate surface area is 124 Å². The van der Waals surface area contributed by atoms with Crippen LogP contribution in [0, 0.1) is 20.6 Å². The molecule has 1 N–H and O–H groups in total. The normalized spacial score (nSPS) is 11.0. The lowest BCUT2D eigenvalue weighted by Gasteiger charge is -2.19. The minimum atomic E-state index is -0.712. The maximum atomic E-state index is 11.6. The Morgan fingerprint density at radius 1 is 1.42 bits per heavy atom. The van der Waals surface area contributed by atoms with Crippen LogP contribution in [0.2, 0.25) is 0 Å². The van der Waals surface area contributed by atoms with Crippen molar-refractivity contribution in [2.75, 3.05) is 0 Å². The molecule has 0 aliphatic carbocycles. The first-order valence-corrected chi connectivity index (χ1v) is 6.62. The molecule has 104 valence electrons. The summed E-state index contributed by atoms with van der Waals surface area (Å²) in [7, 11) is 0. The summed E-state index contributed by atoms with van der Waals surface area (Å²) in [5.41, 5.74) is 0.119. The number of benzene rings is 1. The summed E-state index contributed by atoms with van der Waals surface area (Å²) in [6, 6.07) is 2.87. The molecule has 7 heteroatoms. The van der Waals surface area contributed by atoms with Crippen LogP contribution in [-0.4, -0.2) is 16.6 Å². The predicted octanol–water partition coefficient (Wildman–Crippen LogP) is 3.39. The molecule has 0 fully saturated rings. The van der Waals surface area contributed by atoms with Gasteiger partial charge >= 0.3 is 11.8 Å². The highest BCUT2D eigenvalue weighted by Gasteiger charge is 2.22. The summed E-state index contributed by atoms with van der Waals surface area (Å²) in [4.78, 5) is 22.0. The molecule has 0 saturated carbocycles. The summed E-state index contributed by atoms with van der Waals surface area (Å²) < 4.78 is 5.77. The van der Waals surface area contributed by atoms with Gasteiger partial charge in [-0.1, -0.05) is 0 Å². The third kappa shape index (κ3) is 4.66. The topological polar surface area (TPSA) is 81.5 Å². The van der Waals surface area contributed by atoms with E-state index in [-0.39, 0.29) is 11.4 Å². The van der Waals surface area contributed by atoms with Crippen molar-refractivity contribution in [2.24, 2.45) is 0 Å². The molecule has 0 aromatic heterocycles. The Hall–Kier alpha value is -1.38. The molecule has 1 aromatic rings. The highest BCUT2D eigenvalue weighted by molar-refractivity contribution is 14.1. The summed E-state index contributed by atoms with van der Waals surface area (Å²) >= 11 is 2.00. The zero-order chi connectivity index (χ0) is 14.8. The number of carbonyl (C=O) groups is 1. The third-order valence-corrected chi connectivity index (χ3v) is 3.28. The van der Waals surface area contributed by atoms with Gasteiger partial charge in [-0.05, 0) is 61.9 Å². The molecule has 0 aliphatic rings. The van der Waals surface area contributed by atoms with Gasteiger partial charge in [0.15, 0.2) is 0 Å². The first kappa shape index (κ1) is 15.7. The van der Waals surface area contributed by atoms with E-state index in [1.165, 1.54) is 12.1 Å². The molecule has 1 rings (SSSR count). The van der Waals surface area contributed by atoms with Crippen LogP contribution in [0.5, 0.6) is 5.75 Å². The van der Waals surface area contributed by atoms with Gasteiger partial charge in [-0.3, -0.25) is 10.1 Å². The van der Waals surface area contributed by atoms with Crippen molar-refractivity contribution in [1.29, 1.82) is 0 Å². The maximum Gasteiger partial charge on any atom is 0.413 e. The fourth-order valence-electron chi connectivity index (χ4n) is 1.30. The number of nitro groups is 1. The van der Waals surface area contributed by atoms with Crippen LogP contribution in [0.1, 0.15) is 26.3 Å². The first-order chi connectivity index (χ1) is 8.60. The molecular formula is C12H15IN2O4. The largest absolute Gasteiger partial charge is 0.413 e. The first-order valence-electron chi connectivity index (χ1n) is 5.54. The van der Waals surface area contributed by atoms with Gasteiger partial charge in [0.1, 0.15) is 0 Å². The molecule has 0 radical (unpaired) electrons. The van der Waals surface area contributed by atoms with E-state index < -0.39 is 16.6 Å². The van der Waals surface area contributed by atoms with Gasteiger partial charge in [0.05, 0.1) is 4.92 Å². The lowest BCUT2D eigenvalue weighted by molar-refractivity contribution is -0.385. The number of nitrogens with one attached hydrogen (secondary N) is 1. The summed E-state index contributed by atoms with van der Waals surface area (Å²) in [5, 5.41) is 13.5. The fourth-order valence-corrected chi connectivity index (χ4v) is 1.75. The van der Waals surface area contributed by atoms with Gasteiger partial charge < -0.3 is 10.1 Å². The zero-order valence-electron chi connectivity index (χ0n) is 11.1. The Morgan fingerprint density at radius 2 is 2.00 bits per heavy atom. The molecule has 0 unspecified atom stereocenters. The molecule has 0 heterocycles. The maximum absolute atomic E-state index is 11.6. The van der Waals surface area contributed by atoms with Crippen molar-refractivity contribution in [2.45, 2.75) is 33.2 Å². The number of ether oxygens (including phenoxy) is 1. The van der Waals surface area contributed by atoms with Crippen LogP contribution in [0.4, 0.5) is 10.5 Å². The molecule has 19 heavy (non-hydrogen) atoms. The number of hydrogen-bond donors (Lipinski definition) is 1. The lowest BCUT2D eigenvalue weighted by atomic mass is 10.1. The molecular weight excluding hydrogens is 363 g/mol. The van der Waals surface area contributed by atoms with Gasteiger partial charge in [-0.25, -0.2) is 4.79 Å². The Balaban J connectivity index is 3.03. The van der Waals surface area contributed by atoms with Gasteiger partial charge in [0.2, 0.25) is 5.75 Å². The number of hydrogen-bond acceptors (Lipinski definition) is 4. The minimum Gasteiger partial charge on any atom is -0.403 e. The molecule has 0 saturated heterocycles. The van der Waals surface area contributed by atoms with Crippen molar-refractivity contribution in [1.82, 2.24) is 5.32 Å². The number of rotatable bonds is 2. The van der Waals surface area contributed by atoms with E-state index in [0.29, 0.717) is 0 Å². The molecule has 0 aliphatic heterocycles. The number of carbonyl (C=O) groups excluding carboxylic acids is 1. The fraction of sp³-hybridized carbons (Fsp3) is 0.417. The number of amides is 1. The summed E-state index contributed by atoms with van der Waals surface area (Å²) in [5.74, 6) is -0.0512. The number of halogens is 1. The average molecular weight is 378 g/mol. The number of nitro benzene ring substituents is 1. The second-order valence-electron chi connectivity index (χ2n) is 5.09. The quantitative estimate of drug-likeness (QED) is 0.486. The second-order valence-corrected chi connectivity index (χ2v) is 6.25. The summed E-state index contributed by atoms with van der Waals surface area (Å²) in [6.45, 7) is 7.17. The van der Waals surface area contributed by atoms with Crippen LogP contribution in [0.25, 0.3) is 0 Å². The Bertz CT molecular complexity index is 523. The molecule has 0 spiro atoms. The van der Waals surface area contributed by atoms with E-state index >= 15 is 0 Å². The highest BCUT2D eigenvalue weighted by atomic mass is 127. The second kappa shape index (κ2) is 5.72. The van der Waals surface area contributed by atoms with Crippen LogP contribution in [-0.2, 0) is 0 Å². The molecule has 1 amide bonds. The Morgan fingerprint density at radius 3 is 2.47 bits per heavy atom. The van der Waals surface area contributed by atoms with Crippen molar-refractivity contribution >= 4 is 34.4 Å². The lowest BCUT2D eigenvalue weighted by Crippen LogP contribution is -2.42. The SMILES string of the molecule is Cc1cc(OC(=O)NC(C)(C)C)c([N+](=O)[O-])cc1I. The van der Waals surface area contributed by atoms with Gasteiger partial charge in [-0.2, -0.15) is 0 Å². The molecule has 0 atom stereocenters. The van der Waals surface area contributed by atoms with Crippen LogP contribution >= 0.6 is 22.6 Å². The molecule has 0 bridgehead atoms.